The normalized spacial score (nSPS) is 26.2. The van der Waals surface area contributed by atoms with Gasteiger partial charge in [0.25, 0.3) is 0 Å². The van der Waals surface area contributed by atoms with E-state index in [0.29, 0.717) is 0 Å². The summed E-state index contributed by atoms with van der Waals surface area (Å²) in [6.45, 7) is 3.95. The minimum absolute atomic E-state index is 0.0740. The lowest BCUT2D eigenvalue weighted by molar-refractivity contribution is 0.787. The molecule has 1 atom stereocenters. The summed E-state index contributed by atoms with van der Waals surface area (Å²) in [4.78, 5) is 4.09. The van der Waals surface area contributed by atoms with Crippen LogP contribution in [0.15, 0.2) is 15.2 Å². The number of aliphatic imine (C=N–C) groups is 1. The van der Waals surface area contributed by atoms with E-state index in [1.807, 2.05) is 13.8 Å². The summed E-state index contributed by atoms with van der Waals surface area (Å²) in [7, 11) is 0. The standard InChI is InChI=1S/C5H9N3/c1-3-5-6-4(2)7-8-5/h4H,3H2,1-2H3/t4-/m0/s1. The fourth-order valence-electron chi connectivity index (χ4n) is 0.580. The molecule has 44 valence electrons. The number of hydrogen-bond donors (Lipinski definition) is 0. The molecule has 0 spiro atoms. The van der Waals surface area contributed by atoms with E-state index in [1.165, 1.54) is 0 Å². The molecule has 0 aliphatic carbocycles. The Hall–Kier alpha value is -0.730. The van der Waals surface area contributed by atoms with Gasteiger partial charge in [-0.05, 0) is 6.92 Å². The molecule has 8 heavy (non-hydrogen) atoms. The maximum atomic E-state index is 4.09. The number of rotatable bonds is 1. The maximum absolute atomic E-state index is 4.09. The largest absolute Gasteiger partial charge is 0.240 e. The highest BCUT2D eigenvalue weighted by atomic mass is 15.3. The SMILES string of the molecule is CCC1=N[C@H](C)N=N1. The second-order valence-electron chi connectivity index (χ2n) is 1.75. The summed E-state index contributed by atoms with van der Waals surface area (Å²) in [6, 6.07) is 0. The predicted octanol–water partition coefficient (Wildman–Crippen LogP) is 1.61. The van der Waals surface area contributed by atoms with Gasteiger partial charge in [-0.1, -0.05) is 6.92 Å². The van der Waals surface area contributed by atoms with Crippen molar-refractivity contribution >= 4 is 5.84 Å². The van der Waals surface area contributed by atoms with Gasteiger partial charge in [-0.3, -0.25) is 0 Å². The Morgan fingerprint density at radius 3 is 2.62 bits per heavy atom. The number of hydrogen-bond acceptors (Lipinski definition) is 3. The molecule has 1 aliphatic heterocycles. The van der Waals surface area contributed by atoms with Crippen LogP contribution in [-0.4, -0.2) is 12.0 Å². The summed E-state index contributed by atoms with van der Waals surface area (Å²) >= 11 is 0. The van der Waals surface area contributed by atoms with Gasteiger partial charge < -0.3 is 0 Å². The van der Waals surface area contributed by atoms with Gasteiger partial charge in [-0.25, -0.2) is 4.99 Å². The summed E-state index contributed by atoms with van der Waals surface area (Å²) in [5.74, 6) is 0.873. The second-order valence-corrected chi connectivity index (χ2v) is 1.75. The second kappa shape index (κ2) is 2.03. The van der Waals surface area contributed by atoms with Crippen LogP contribution in [0, 0.1) is 0 Å². The molecule has 3 nitrogen and oxygen atoms in total. The van der Waals surface area contributed by atoms with Crippen molar-refractivity contribution in [2.75, 3.05) is 0 Å². The lowest BCUT2D eigenvalue weighted by atomic mass is 10.4. The van der Waals surface area contributed by atoms with Crippen LogP contribution in [0.25, 0.3) is 0 Å². The lowest BCUT2D eigenvalue weighted by Crippen LogP contribution is -1.88. The van der Waals surface area contributed by atoms with E-state index >= 15 is 0 Å². The average Bonchev–Trinajstić information content (AvgIpc) is 2.14. The Bertz CT molecular complexity index is 137. The smallest absolute Gasteiger partial charge is 0.160 e. The molecule has 0 N–H and O–H groups in total. The van der Waals surface area contributed by atoms with Gasteiger partial charge >= 0.3 is 0 Å². The van der Waals surface area contributed by atoms with Gasteiger partial charge in [-0.15, -0.1) is 5.11 Å². The predicted molar refractivity (Wildman–Crippen MR) is 32.0 cm³/mol. The van der Waals surface area contributed by atoms with Crippen molar-refractivity contribution in [3.63, 3.8) is 0 Å². The Labute approximate surface area is 48.5 Å². The van der Waals surface area contributed by atoms with E-state index in [2.05, 4.69) is 15.2 Å². The summed E-state index contributed by atoms with van der Waals surface area (Å²) in [5.41, 5.74) is 0. The van der Waals surface area contributed by atoms with E-state index in [-0.39, 0.29) is 6.17 Å². The van der Waals surface area contributed by atoms with E-state index in [9.17, 15) is 0 Å². The highest BCUT2D eigenvalue weighted by molar-refractivity contribution is 5.83. The van der Waals surface area contributed by atoms with Crippen molar-refractivity contribution in [1.82, 2.24) is 0 Å². The highest BCUT2D eigenvalue weighted by Crippen LogP contribution is 2.05. The maximum Gasteiger partial charge on any atom is 0.160 e. The van der Waals surface area contributed by atoms with Crippen LogP contribution < -0.4 is 0 Å². The Morgan fingerprint density at radius 1 is 1.62 bits per heavy atom. The van der Waals surface area contributed by atoms with Crippen LogP contribution in [0.3, 0.4) is 0 Å². The van der Waals surface area contributed by atoms with Gasteiger partial charge in [-0.2, -0.15) is 5.11 Å². The van der Waals surface area contributed by atoms with Crippen molar-refractivity contribution in [3.8, 4) is 0 Å². The molecule has 1 heterocycles. The Morgan fingerprint density at radius 2 is 2.38 bits per heavy atom. The van der Waals surface area contributed by atoms with Crippen LogP contribution in [-0.2, 0) is 0 Å². The van der Waals surface area contributed by atoms with Gasteiger partial charge in [0.05, 0.1) is 0 Å². The van der Waals surface area contributed by atoms with Crippen LogP contribution in [0.4, 0.5) is 0 Å². The molecule has 0 saturated carbocycles. The average molecular weight is 111 g/mol. The fourth-order valence-corrected chi connectivity index (χ4v) is 0.580. The van der Waals surface area contributed by atoms with Crippen LogP contribution in [0.1, 0.15) is 20.3 Å². The third-order valence-electron chi connectivity index (χ3n) is 0.992. The lowest BCUT2D eigenvalue weighted by Gasteiger charge is -1.84. The third-order valence-corrected chi connectivity index (χ3v) is 0.992. The molecule has 0 aromatic rings. The van der Waals surface area contributed by atoms with E-state index in [1.54, 1.807) is 0 Å². The first-order chi connectivity index (χ1) is 3.83. The molecule has 0 aromatic carbocycles. The molecule has 0 aromatic heterocycles. The molecule has 1 aliphatic rings. The van der Waals surface area contributed by atoms with Crippen LogP contribution in [0.5, 0.6) is 0 Å². The molecule has 0 fully saturated rings. The number of azo groups is 1. The van der Waals surface area contributed by atoms with E-state index < -0.39 is 0 Å². The highest BCUT2D eigenvalue weighted by Gasteiger charge is 2.04. The molecule has 3 heteroatoms. The minimum Gasteiger partial charge on any atom is -0.240 e. The molecular formula is C5H9N3. The first kappa shape index (κ1) is 5.41. The van der Waals surface area contributed by atoms with Gasteiger partial charge in [0.1, 0.15) is 5.84 Å². The number of nitrogens with zero attached hydrogens (tertiary/aromatic N) is 3. The van der Waals surface area contributed by atoms with Gasteiger partial charge in [0, 0.05) is 6.42 Å². The summed E-state index contributed by atoms with van der Waals surface area (Å²) in [6.07, 6.45) is 0.971. The Kier molecular flexibility index (Phi) is 1.37. The molecule has 0 amide bonds. The molecular weight excluding hydrogens is 102 g/mol. The number of amidine groups is 1. The first-order valence-corrected chi connectivity index (χ1v) is 2.80. The van der Waals surface area contributed by atoms with Crippen molar-refractivity contribution in [2.24, 2.45) is 15.2 Å². The summed E-state index contributed by atoms with van der Waals surface area (Å²) in [5, 5.41) is 7.62. The van der Waals surface area contributed by atoms with Crippen molar-refractivity contribution in [3.05, 3.63) is 0 Å². The molecule has 0 bridgehead atoms. The zero-order chi connectivity index (χ0) is 5.98. The molecule has 0 unspecified atom stereocenters. The van der Waals surface area contributed by atoms with Gasteiger partial charge in [0.15, 0.2) is 6.17 Å². The van der Waals surface area contributed by atoms with E-state index in [0.717, 1.165) is 12.3 Å². The monoisotopic (exact) mass is 111 g/mol. The van der Waals surface area contributed by atoms with Crippen molar-refractivity contribution in [1.29, 1.82) is 0 Å². The zero-order valence-corrected chi connectivity index (χ0v) is 5.13. The van der Waals surface area contributed by atoms with Crippen molar-refractivity contribution < 1.29 is 0 Å². The first-order valence-electron chi connectivity index (χ1n) is 2.80. The summed E-state index contributed by atoms with van der Waals surface area (Å²) < 4.78 is 0. The molecule has 0 radical (unpaired) electrons. The zero-order valence-electron chi connectivity index (χ0n) is 5.13. The van der Waals surface area contributed by atoms with Crippen LogP contribution >= 0.6 is 0 Å². The van der Waals surface area contributed by atoms with E-state index in [4.69, 9.17) is 0 Å². The Balaban J connectivity index is 2.58. The molecule has 1 rings (SSSR count). The molecule has 0 saturated heterocycles. The van der Waals surface area contributed by atoms with Crippen molar-refractivity contribution in [2.45, 2.75) is 26.4 Å². The third kappa shape index (κ3) is 0.911. The fraction of sp³-hybridized carbons (Fsp3) is 0.800. The van der Waals surface area contributed by atoms with Gasteiger partial charge in [0.2, 0.25) is 0 Å². The quantitative estimate of drug-likeness (QED) is 0.493. The minimum atomic E-state index is 0.0740. The topological polar surface area (TPSA) is 37.1 Å². The van der Waals surface area contributed by atoms with Crippen LogP contribution in [0.2, 0.25) is 0 Å².